The molecule has 0 aliphatic rings. The van der Waals surface area contributed by atoms with Gasteiger partial charge in [0.1, 0.15) is 0 Å². The van der Waals surface area contributed by atoms with Crippen LogP contribution in [-0.2, 0) is 0 Å². The molecule has 110 valence electrons. The van der Waals surface area contributed by atoms with E-state index in [-0.39, 0.29) is 5.91 Å². The number of carbonyl (C=O) groups excluding carboxylic acids is 1. The van der Waals surface area contributed by atoms with Crippen LogP contribution in [0.25, 0.3) is 0 Å². The lowest BCUT2D eigenvalue weighted by Crippen LogP contribution is -2.23. The molecule has 0 radical (unpaired) electrons. The summed E-state index contributed by atoms with van der Waals surface area (Å²) >= 11 is 0. The van der Waals surface area contributed by atoms with Gasteiger partial charge in [-0.2, -0.15) is 0 Å². The first-order chi connectivity index (χ1) is 10.1. The van der Waals surface area contributed by atoms with Crippen LogP contribution in [-0.4, -0.2) is 29.2 Å². The molecule has 2 aromatic rings. The van der Waals surface area contributed by atoms with Gasteiger partial charge in [-0.05, 0) is 45.0 Å². The third-order valence-electron chi connectivity index (χ3n) is 3.26. The molecule has 0 aliphatic heterocycles. The second kappa shape index (κ2) is 6.83. The van der Waals surface area contributed by atoms with Crippen LogP contribution in [0, 0.1) is 6.92 Å². The van der Waals surface area contributed by atoms with Gasteiger partial charge in [-0.1, -0.05) is 17.7 Å². The number of aromatic nitrogens is 2. The van der Waals surface area contributed by atoms with Gasteiger partial charge in [0.25, 0.3) is 5.91 Å². The van der Waals surface area contributed by atoms with E-state index in [1.54, 1.807) is 12.1 Å². The van der Waals surface area contributed by atoms with Crippen molar-refractivity contribution in [3.05, 3.63) is 47.5 Å². The third-order valence-corrected chi connectivity index (χ3v) is 3.26. The van der Waals surface area contributed by atoms with Crippen molar-refractivity contribution in [1.29, 1.82) is 0 Å². The Bertz CT molecular complexity index is 606. The molecule has 0 spiro atoms. The van der Waals surface area contributed by atoms with E-state index in [4.69, 9.17) is 0 Å². The van der Waals surface area contributed by atoms with Crippen molar-refractivity contribution in [1.82, 2.24) is 10.2 Å². The second-order valence-electron chi connectivity index (χ2n) is 4.77. The molecule has 1 amide bonds. The van der Waals surface area contributed by atoms with Gasteiger partial charge >= 0.3 is 0 Å². The van der Waals surface area contributed by atoms with Crippen LogP contribution in [0.5, 0.6) is 0 Å². The molecule has 1 aromatic carbocycles. The van der Waals surface area contributed by atoms with Crippen LogP contribution >= 0.6 is 0 Å². The van der Waals surface area contributed by atoms with E-state index in [0.29, 0.717) is 11.4 Å². The Morgan fingerprint density at radius 1 is 1.14 bits per heavy atom. The summed E-state index contributed by atoms with van der Waals surface area (Å²) in [6.45, 7) is 7.84. The SMILES string of the molecule is CCN(CC)c1ccc(NC(=O)c2cccc(C)c2)nn1. The first-order valence-corrected chi connectivity index (χ1v) is 7.10. The number of aryl methyl sites for hydroxylation is 1. The van der Waals surface area contributed by atoms with Gasteiger partial charge in [0.05, 0.1) is 0 Å². The van der Waals surface area contributed by atoms with Crippen molar-refractivity contribution in [2.24, 2.45) is 0 Å². The highest BCUT2D eigenvalue weighted by molar-refractivity contribution is 6.03. The Morgan fingerprint density at radius 3 is 2.48 bits per heavy atom. The molecule has 5 heteroatoms. The first kappa shape index (κ1) is 15.0. The van der Waals surface area contributed by atoms with Crippen LogP contribution in [0.3, 0.4) is 0 Å². The minimum absolute atomic E-state index is 0.177. The Balaban J connectivity index is 2.08. The van der Waals surface area contributed by atoms with E-state index in [2.05, 4.69) is 34.3 Å². The highest BCUT2D eigenvalue weighted by atomic mass is 16.1. The second-order valence-corrected chi connectivity index (χ2v) is 4.77. The zero-order valence-electron chi connectivity index (χ0n) is 12.6. The van der Waals surface area contributed by atoms with E-state index < -0.39 is 0 Å². The predicted molar refractivity (Wildman–Crippen MR) is 84.7 cm³/mol. The fourth-order valence-electron chi connectivity index (χ4n) is 2.08. The minimum Gasteiger partial charge on any atom is -0.356 e. The van der Waals surface area contributed by atoms with Gasteiger partial charge in [0.15, 0.2) is 11.6 Å². The van der Waals surface area contributed by atoms with E-state index >= 15 is 0 Å². The lowest BCUT2D eigenvalue weighted by Gasteiger charge is -2.18. The Morgan fingerprint density at radius 2 is 1.90 bits per heavy atom. The van der Waals surface area contributed by atoms with Crippen molar-refractivity contribution < 1.29 is 4.79 Å². The number of carbonyl (C=O) groups is 1. The molecular formula is C16H20N4O. The summed E-state index contributed by atoms with van der Waals surface area (Å²) in [6, 6.07) is 11.1. The number of hydrogen-bond donors (Lipinski definition) is 1. The lowest BCUT2D eigenvalue weighted by molar-refractivity contribution is 0.102. The lowest BCUT2D eigenvalue weighted by atomic mass is 10.1. The molecule has 21 heavy (non-hydrogen) atoms. The molecule has 0 aliphatic carbocycles. The van der Waals surface area contributed by atoms with Crippen molar-refractivity contribution in [2.75, 3.05) is 23.3 Å². The van der Waals surface area contributed by atoms with E-state index in [1.165, 1.54) is 0 Å². The molecule has 1 N–H and O–H groups in total. The first-order valence-electron chi connectivity index (χ1n) is 7.10. The van der Waals surface area contributed by atoms with Gasteiger partial charge in [-0.3, -0.25) is 4.79 Å². The zero-order chi connectivity index (χ0) is 15.2. The molecule has 0 saturated heterocycles. The number of amides is 1. The summed E-state index contributed by atoms with van der Waals surface area (Å²) in [6.07, 6.45) is 0. The molecule has 1 heterocycles. The van der Waals surface area contributed by atoms with Crippen molar-refractivity contribution in [3.8, 4) is 0 Å². The number of nitrogens with zero attached hydrogens (tertiary/aromatic N) is 3. The molecule has 5 nitrogen and oxygen atoms in total. The monoisotopic (exact) mass is 284 g/mol. The van der Waals surface area contributed by atoms with Crippen molar-refractivity contribution in [3.63, 3.8) is 0 Å². The highest BCUT2D eigenvalue weighted by Gasteiger charge is 2.08. The summed E-state index contributed by atoms with van der Waals surface area (Å²) in [5.74, 6) is 1.09. The summed E-state index contributed by atoms with van der Waals surface area (Å²) in [5.41, 5.74) is 1.66. The van der Waals surface area contributed by atoms with E-state index in [1.807, 2.05) is 31.2 Å². The summed E-state index contributed by atoms with van der Waals surface area (Å²) < 4.78 is 0. The Hall–Kier alpha value is -2.43. The van der Waals surface area contributed by atoms with Gasteiger partial charge in [-0.25, -0.2) is 0 Å². The Kier molecular flexibility index (Phi) is 4.87. The molecule has 0 fully saturated rings. The van der Waals surface area contributed by atoms with Gasteiger partial charge < -0.3 is 10.2 Å². The molecule has 0 saturated carbocycles. The topological polar surface area (TPSA) is 58.1 Å². The zero-order valence-corrected chi connectivity index (χ0v) is 12.6. The van der Waals surface area contributed by atoms with Gasteiger partial charge in [0, 0.05) is 18.7 Å². The number of benzene rings is 1. The predicted octanol–water partition coefficient (Wildman–Crippen LogP) is 2.88. The summed E-state index contributed by atoms with van der Waals surface area (Å²) in [7, 11) is 0. The van der Waals surface area contributed by atoms with Crippen molar-refractivity contribution in [2.45, 2.75) is 20.8 Å². The summed E-state index contributed by atoms with van der Waals surface area (Å²) in [4.78, 5) is 14.2. The van der Waals surface area contributed by atoms with Crippen LogP contribution in [0.15, 0.2) is 36.4 Å². The number of nitrogens with one attached hydrogen (secondary N) is 1. The maximum absolute atomic E-state index is 12.1. The van der Waals surface area contributed by atoms with Gasteiger partial charge in [0.2, 0.25) is 0 Å². The normalized spacial score (nSPS) is 10.2. The largest absolute Gasteiger partial charge is 0.356 e. The molecule has 0 atom stereocenters. The fraction of sp³-hybridized carbons (Fsp3) is 0.312. The maximum atomic E-state index is 12.1. The smallest absolute Gasteiger partial charge is 0.256 e. The van der Waals surface area contributed by atoms with Crippen LogP contribution in [0.4, 0.5) is 11.6 Å². The van der Waals surface area contributed by atoms with Crippen LogP contribution in [0.2, 0.25) is 0 Å². The number of anilines is 2. The third kappa shape index (κ3) is 3.78. The minimum atomic E-state index is -0.177. The average Bonchev–Trinajstić information content (AvgIpc) is 2.50. The van der Waals surface area contributed by atoms with Crippen LogP contribution in [0.1, 0.15) is 29.8 Å². The quantitative estimate of drug-likeness (QED) is 0.917. The molecule has 1 aromatic heterocycles. The van der Waals surface area contributed by atoms with E-state index in [0.717, 1.165) is 24.5 Å². The fourth-order valence-corrected chi connectivity index (χ4v) is 2.08. The Labute approximate surface area is 125 Å². The van der Waals surface area contributed by atoms with Crippen LogP contribution < -0.4 is 10.2 Å². The molecule has 0 bridgehead atoms. The van der Waals surface area contributed by atoms with Gasteiger partial charge in [-0.15, -0.1) is 10.2 Å². The molecule has 0 unspecified atom stereocenters. The highest BCUT2D eigenvalue weighted by Crippen LogP contribution is 2.12. The molecule has 2 rings (SSSR count). The van der Waals surface area contributed by atoms with Crippen molar-refractivity contribution >= 4 is 17.5 Å². The maximum Gasteiger partial charge on any atom is 0.256 e. The molecular weight excluding hydrogens is 264 g/mol. The summed E-state index contributed by atoms with van der Waals surface area (Å²) in [5, 5.41) is 11.0. The number of hydrogen-bond acceptors (Lipinski definition) is 4. The van der Waals surface area contributed by atoms with E-state index in [9.17, 15) is 4.79 Å². The standard InChI is InChI=1S/C16H20N4O/c1-4-20(5-2)15-10-9-14(18-19-15)17-16(21)13-8-6-7-12(3)11-13/h6-11H,4-5H2,1-3H3,(H,17,18,21). The average molecular weight is 284 g/mol. The number of rotatable bonds is 5.